The highest BCUT2D eigenvalue weighted by Gasteiger charge is 2.24. The van der Waals surface area contributed by atoms with Gasteiger partial charge in [0.05, 0.1) is 6.21 Å². The first-order valence-electron chi connectivity index (χ1n) is 10.6. The van der Waals surface area contributed by atoms with Gasteiger partial charge in [-0.1, -0.05) is 31.5 Å². The molecule has 0 aliphatic carbocycles. The topological polar surface area (TPSA) is 73.8 Å². The number of nitrogens with one attached hydrogen (secondary N) is 2. The van der Waals surface area contributed by atoms with Crippen LogP contribution < -0.4 is 15.6 Å². The second-order valence-corrected chi connectivity index (χ2v) is 8.61. The van der Waals surface area contributed by atoms with Gasteiger partial charge < -0.3 is 10.2 Å². The maximum atomic E-state index is 12.6. The van der Waals surface area contributed by atoms with Crippen molar-refractivity contribution in [1.82, 2.24) is 10.7 Å². The molecule has 0 aromatic heterocycles. The fourth-order valence-corrected chi connectivity index (χ4v) is 3.70. The van der Waals surface area contributed by atoms with Crippen molar-refractivity contribution in [2.45, 2.75) is 39.7 Å². The van der Waals surface area contributed by atoms with Crippen LogP contribution in [0.15, 0.2) is 47.6 Å². The molecule has 1 aliphatic heterocycles. The third kappa shape index (κ3) is 6.07. The molecule has 7 heteroatoms. The molecule has 1 fully saturated rings. The lowest BCUT2D eigenvalue weighted by molar-refractivity contribution is -0.123. The molecule has 1 atom stereocenters. The quantitative estimate of drug-likeness (QED) is 0.501. The number of amides is 2. The Morgan fingerprint density at radius 2 is 1.77 bits per heavy atom. The van der Waals surface area contributed by atoms with E-state index < -0.39 is 6.04 Å². The van der Waals surface area contributed by atoms with Crippen LogP contribution in [-0.4, -0.2) is 37.2 Å². The molecule has 2 aromatic rings. The van der Waals surface area contributed by atoms with Crippen molar-refractivity contribution in [3.8, 4) is 0 Å². The lowest BCUT2D eigenvalue weighted by Crippen LogP contribution is -2.48. The Labute approximate surface area is 188 Å². The maximum Gasteiger partial charge on any atom is 0.262 e. The molecule has 0 bridgehead atoms. The molecule has 6 nitrogen and oxygen atoms in total. The van der Waals surface area contributed by atoms with E-state index in [0.717, 1.165) is 24.2 Å². The number of hydrogen-bond acceptors (Lipinski definition) is 4. The summed E-state index contributed by atoms with van der Waals surface area (Å²) in [5.41, 5.74) is 6.26. The SMILES string of the molecule is Cc1cc(N2CCCC2)ccc1C=NNC(=O)C(NC(=O)c1ccc(Cl)cc1)C(C)C. The Hall–Kier alpha value is -2.86. The zero-order chi connectivity index (χ0) is 22.4. The Kier molecular flexibility index (Phi) is 7.69. The molecule has 31 heavy (non-hydrogen) atoms. The second-order valence-electron chi connectivity index (χ2n) is 8.17. The molecule has 1 unspecified atom stereocenters. The van der Waals surface area contributed by atoms with Gasteiger partial charge in [0.25, 0.3) is 11.8 Å². The summed E-state index contributed by atoms with van der Waals surface area (Å²) in [5.74, 6) is -0.796. The van der Waals surface area contributed by atoms with Gasteiger partial charge in [-0.3, -0.25) is 9.59 Å². The summed E-state index contributed by atoms with van der Waals surface area (Å²) in [7, 11) is 0. The molecule has 2 amide bonds. The summed E-state index contributed by atoms with van der Waals surface area (Å²) in [6.45, 7) is 7.98. The number of nitrogens with zero attached hydrogens (tertiary/aromatic N) is 2. The van der Waals surface area contributed by atoms with Gasteiger partial charge in [-0.2, -0.15) is 5.10 Å². The molecular weight excluding hydrogens is 412 g/mol. The van der Waals surface area contributed by atoms with Crippen LogP contribution >= 0.6 is 11.6 Å². The molecule has 164 valence electrons. The van der Waals surface area contributed by atoms with Gasteiger partial charge in [0.2, 0.25) is 0 Å². The smallest absolute Gasteiger partial charge is 0.262 e. The molecule has 3 rings (SSSR count). The number of carbonyl (C=O) groups excluding carboxylic acids is 2. The predicted octanol–water partition coefficient (Wildman–Crippen LogP) is 4.15. The van der Waals surface area contributed by atoms with E-state index >= 15 is 0 Å². The number of carbonyl (C=O) groups is 2. The summed E-state index contributed by atoms with van der Waals surface area (Å²) in [6, 6.07) is 12.1. The van der Waals surface area contributed by atoms with Crippen molar-refractivity contribution >= 4 is 35.3 Å². The summed E-state index contributed by atoms with van der Waals surface area (Å²) < 4.78 is 0. The maximum absolute atomic E-state index is 12.6. The van der Waals surface area contributed by atoms with E-state index in [1.165, 1.54) is 18.5 Å². The van der Waals surface area contributed by atoms with Crippen LogP contribution in [-0.2, 0) is 4.79 Å². The van der Waals surface area contributed by atoms with Crippen LogP contribution in [0.5, 0.6) is 0 Å². The van der Waals surface area contributed by atoms with Crippen molar-refractivity contribution in [3.05, 3.63) is 64.2 Å². The number of halogens is 1. The Bertz CT molecular complexity index is 951. The third-order valence-corrected chi connectivity index (χ3v) is 5.70. The standard InChI is InChI=1S/C24H29ClN4O2/c1-16(2)22(27-23(30)18-6-9-20(25)10-7-18)24(31)28-26-15-19-8-11-21(14-17(19)3)29-12-4-5-13-29/h6-11,14-16,22H,4-5,12-13H2,1-3H3,(H,27,30)(H,28,31). The monoisotopic (exact) mass is 440 g/mol. The number of benzene rings is 2. The normalized spacial score (nSPS) is 14.8. The minimum Gasteiger partial charge on any atom is -0.372 e. The summed E-state index contributed by atoms with van der Waals surface area (Å²) in [5, 5.41) is 7.44. The van der Waals surface area contributed by atoms with Gasteiger partial charge >= 0.3 is 0 Å². The van der Waals surface area contributed by atoms with Gasteiger partial charge in [-0.05, 0) is 73.2 Å². The van der Waals surface area contributed by atoms with E-state index in [1.54, 1.807) is 30.5 Å². The number of rotatable bonds is 7. The molecule has 0 radical (unpaired) electrons. The highest BCUT2D eigenvalue weighted by atomic mass is 35.5. The van der Waals surface area contributed by atoms with Gasteiger partial charge in [0.15, 0.2) is 0 Å². The van der Waals surface area contributed by atoms with Crippen molar-refractivity contribution in [2.75, 3.05) is 18.0 Å². The average molecular weight is 441 g/mol. The van der Waals surface area contributed by atoms with Crippen molar-refractivity contribution < 1.29 is 9.59 Å². The Morgan fingerprint density at radius 1 is 1.10 bits per heavy atom. The molecular formula is C24H29ClN4O2. The molecule has 1 aliphatic rings. The third-order valence-electron chi connectivity index (χ3n) is 5.45. The fraction of sp³-hybridized carbons (Fsp3) is 0.375. The van der Waals surface area contributed by atoms with E-state index in [1.807, 2.05) is 26.8 Å². The van der Waals surface area contributed by atoms with E-state index in [0.29, 0.717) is 10.6 Å². The minimum absolute atomic E-state index is 0.104. The van der Waals surface area contributed by atoms with Crippen LogP contribution in [0, 0.1) is 12.8 Å². The van der Waals surface area contributed by atoms with Gasteiger partial charge in [0, 0.05) is 29.4 Å². The molecule has 0 spiro atoms. The van der Waals surface area contributed by atoms with Crippen molar-refractivity contribution in [2.24, 2.45) is 11.0 Å². The van der Waals surface area contributed by atoms with Crippen LogP contribution in [0.1, 0.15) is 48.2 Å². The second kappa shape index (κ2) is 10.4. The first-order valence-corrected chi connectivity index (χ1v) is 11.0. The molecule has 2 aromatic carbocycles. The number of aryl methyl sites for hydroxylation is 1. The van der Waals surface area contributed by atoms with Gasteiger partial charge in [0.1, 0.15) is 6.04 Å². The fourth-order valence-electron chi connectivity index (χ4n) is 3.57. The Balaban J connectivity index is 1.61. The Morgan fingerprint density at radius 3 is 2.39 bits per heavy atom. The number of anilines is 1. The predicted molar refractivity (Wildman–Crippen MR) is 126 cm³/mol. The van der Waals surface area contributed by atoms with Crippen LogP contribution in [0.2, 0.25) is 5.02 Å². The van der Waals surface area contributed by atoms with E-state index in [4.69, 9.17) is 11.6 Å². The lowest BCUT2D eigenvalue weighted by atomic mass is 10.0. The first kappa shape index (κ1) is 22.8. The van der Waals surface area contributed by atoms with Gasteiger partial charge in [-0.15, -0.1) is 0 Å². The highest BCUT2D eigenvalue weighted by Crippen LogP contribution is 2.22. The zero-order valence-corrected chi connectivity index (χ0v) is 18.9. The number of hydrazone groups is 1. The van der Waals surface area contributed by atoms with Crippen molar-refractivity contribution in [3.63, 3.8) is 0 Å². The lowest BCUT2D eigenvalue weighted by Gasteiger charge is -2.20. The highest BCUT2D eigenvalue weighted by molar-refractivity contribution is 6.30. The van der Waals surface area contributed by atoms with Crippen LogP contribution in [0.25, 0.3) is 0 Å². The number of hydrogen-bond donors (Lipinski definition) is 2. The summed E-state index contributed by atoms with van der Waals surface area (Å²) in [6.07, 6.45) is 4.11. The van der Waals surface area contributed by atoms with E-state index in [2.05, 4.69) is 32.9 Å². The minimum atomic E-state index is -0.709. The van der Waals surface area contributed by atoms with E-state index in [9.17, 15) is 9.59 Å². The zero-order valence-electron chi connectivity index (χ0n) is 18.2. The largest absolute Gasteiger partial charge is 0.372 e. The summed E-state index contributed by atoms with van der Waals surface area (Å²) >= 11 is 5.87. The van der Waals surface area contributed by atoms with Crippen molar-refractivity contribution in [1.29, 1.82) is 0 Å². The summed E-state index contributed by atoms with van der Waals surface area (Å²) in [4.78, 5) is 27.5. The first-order chi connectivity index (χ1) is 14.8. The molecule has 0 saturated carbocycles. The average Bonchev–Trinajstić information content (AvgIpc) is 3.28. The van der Waals surface area contributed by atoms with Crippen LogP contribution in [0.3, 0.4) is 0 Å². The van der Waals surface area contributed by atoms with Crippen LogP contribution in [0.4, 0.5) is 5.69 Å². The molecule has 2 N–H and O–H groups in total. The molecule has 1 heterocycles. The van der Waals surface area contributed by atoms with Gasteiger partial charge in [-0.25, -0.2) is 5.43 Å². The molecule has 1 saturated heterocycles. The van der Waals surface area contributed by atoms with E-state index in [-0.39, 0.29) is 17.7 Å².